The molecule has 0 spiro atoms. The molecule has 0 amide bonds. The predicted octanol–water partition coefficient (Wildman–Crippen LogP) is 6.09. The van der Waals surface area contributed by atoms with E-state index in [0.29, 0.717) is 0 Å². The molecular weight excluding hydrogens is 244 g/mol. The molecule has 0 aromatic heterocycles. The van der Waals surface area contributed by atoms with Gasteiger partial charge < -0.3 is 4.74 Å². The minimum absolute atomic E-state index is 0.795. The molecule has 2 rings (SSSR count). The summed E-state index contributed by atoms with van der Waals surface area (Å²) in [5.74, 6) is 4.12. The summed E-state index contributed by atoms with van der Waals surface area (Å²) >= 11 is 0. The van der Waals surface area contributed by atoms with Gasteiger partial charge in [-0.2, -0.15) is 0 Å². The maximum atomic E-state index is 5.88. The molecule has 1 aliphatic carbocycles. The van der Waals surface area contributed by atoms with Crippen LogP contribution in [0.3, 0.4) is 0 Å². The van der Waals surface area contributed by atoms with E-state index in [1.807, 2.05) is 0 Å². The number of rotatable bonds is 7. The van der Waals surface area contributed by atoms with Gasteiger partial charge in [0.05, 0.1) is 12.4 Å². The number of allylic oxidation sites excluding steroid dienone is 2. The van der Waals surface area contributed by atoms with Gasteiger partial charge in [0.25, 0.3) is 0 Å². The van der Waals surface area contributed by atoms with E-state index in [2.05, 4.69) is 19.9 Å². The highest BCUT2D eigenvalue weighted by Gasteiger charge is 2.22. The number of ether oxygens (including phenoxy) is 1. The molecule has 1 atom stereocenters. The predicted molar refractivity (Wildman–Crippen MR) is 86.6 cm³/mol. The minimum atomic E-state index is 0.795. The molecule has 1 nitrogen and oxygen atoms in total. The quantitative estimate of drug-likeness (QED) is 0.547. The van der Waals surface area contributed by atoms with Crippen LogP contribution in [-0.4, -0.2) is 6.61 Å². The van der Waals surface area contributed by atoms with E-state index in [-0.39, 0.29) is 0 Å². The second kappa shape index (κ2) is 8.74. The van der Waals surface area contributed by atoms with E-state index < -0.39 is 0 Å². The second-order valence-electron chi connectivity index (χ2n) is 7.09. The van der Waals surface area contributed by atoms with Crippen LogP contribution in [0.15, 0.2) is 11.8 Å². The molecule has 1 aliphatic heterocycles. The van der Waals surface area contributed by atoms with E-state index in [4.69, 9.17) is 4.74 Å². The molecule has 0 aromatic carbocycles. The molecule has 1 unspecified atom stereocenters. The third-order valence-corrected chi connectivity index (χ3v) is 5.33. The van der Waals surface area contributed by atoms with Crippen molar-refractivity contribution in [3.63, 3.8) is 0 Å². The Hall–Kier alpha value is -0.460. The fourth-order valence-electron chi connectivity index (χ4n) is 3.96. The average molecular weight is 278 g/mol. The molecule has 0 radical (unpaired) electrons. The summed E-state index contributed by atoms with van der Waals surface area (Å²) in [4.78, 5) is 0. The Morgan fingerprint density at radius 3 is 2.10 bits per heavy atom. The SMILES string of the molecule is CCCC1=CCC(CCC2CCC(CCC)CC2)CO1. The second-order valence-corrected chi connectivity index (χ2v) is 7.09. The highest BCUT2D eigenvalue weighted by atomic mass is 16.5. The van der Waals surface area contributed by atoms with Crippen molar-refractivity contribution in [1.82, 2.24) is 0 Å². The third-order valence-electron chi connectivity index (χ3n) is 5.33. The summed E-state index contributed by atoms with van der Waals surface area (Å²) in [5, 5.41) is 0. The highest BCUT2D eigenvalue weighted by molar-refractivity contribution is 4.97. The largest absolute Gasteiger partial charge is 0.498 e. The molecule has 1 heteroatoms. The van der Waals surface area contributed by atoms with Crippen LogP contribution >= 0.6 is 0 Å². The lowest BCUT2D eigenvalue weighted by Crippen LogP contribution is -2.18. The van der Waals surface area contributed by atoms with Crippen molar-refractivity contribution >= 4 is 0 Å². The number of hydrogen-bond acceptors (Lipinski definition) is 1. The van der Waals surface area contributed by atoms with E-state index in [1.165, 1.54) is 70.0 Å². The van der Waals surface area contributed by atoms with Gasteiger partial charge in [-0.1, -0.05) is 58.8 Å². The molecule has 0 N–H and O–H groups in total. The lowest BCUT2D eigenvalue weighted by Gasteiger charge is -2.30. The van der Waals surface area contributed by atoms with Crippen molar-refractivity contribution in [2.45, 2.75) is 84.5 Å². The van der Waals surface area contributed by atoms with Gasteiger partial charge in [-0.25, -0.2) is 0 Å². The van der Waals surface area contributed by atoms with Gasteiger partial charge in [-0.05, 0) is 43.1 Å². The van der Waals surface area contributed by atoms with Gasteiger partial charge in [0.15, 0.2) is 0 Å². The van der Waals surface area contributed by atoms with Crippen LogP contribution in [-0.2, 0) is 4.74 Å². The zero-order valence-corrected chi connectivity index (χ0v) is 13.7. The van der Waals surface area contributed by atoms with Crippen LogP contribution in [0, 0.1) is 17.8 Å². The number of hydrogen-bond donors (Lipinski definition) is 0. The average Bonchev–Trinajstić information content (AvgIpc) is 2.49. The van der Waals surface area contributed by atoms with Crippen LogP contribution in [0.2, 0.25) is 0 Å². The lowest BCUT2D eigenvalue weighted by molar-refractivity contribution is 0.126. The van der Waals surface area contributed by atoms with Gasteiger partial charge in [-0.15, -0.1) is 0 Å². The third kappa shape index (κ3) is 5.14. The Balaban J connectivity index is 1.60. The fraction of sp³-hybridized carbons (Fsp3) is 0.895. The maximum absolute atomic E-state index is 5.88. The van der Waals surface area contributed by atoms with E-state index >= 15 is 0 Å². The summed E-state index contributed by atoms with van der Waals surface area (Å²) in [5.41, 5.74) is 0. The molecule has 0 bridgehead atoms. The summed E-state index contributed by atoms with van der Waals surface area (Å²) in [6.07, 6.45) is 17.6. The molecule has 20 heavy (non-hydrogen) atoms. The van der Waals surface area contributed by atoms with E-state index in [0.717, 1.165) is 30.8 Å². The minimum Gasteiger partial charge on any atom is -0.498 e. The molecule has 1 heterocycles. The molecule has 1 fully saturated rings. The first-order valence-electron chi connectivity index (χ1n) is 9.13. The topological polar surface area (TPSA) is 9.23 Å². The zero-order valence-electron chi connectivity index (χ0n) is 13.7. The van der Waals surface area contributed by atoms with Crippen LogP contribution in [0.4, 0.5) is 0 Å². The molecule has 2 aliphatic rings. The smallest absolute Gasteiger partial charge is 0.0920 e. The first kappa shape index (κ1) is 15.9. The molecule has 0 saturated heterocycles. The van der Waals surface area contributed by atoms with Crippen LogP contribution < -0.4 is 0 Å². The Bertz CT molecular complexity index is 286. The maximum Gasteiger partial charge on any atom is 0.0920 e. The van der Waals surface area contributed by atoms with Crippen molar-refractivity contribution in [1.29, 1.82) is 0 Å². The molecule has 0 aromatic rings. The van der Waals surface area contributed by atoms with E-state index in [1.54, 1.807) is 0 Å². The van der Waals surface area contributed by atoms with Crippen molar-refractivity contribution in [2.24, 2.45) is 17.8 Å². The van der Waals surface area contributed by atoms with E-state index in [9.17, 15) is 0 Å². The molecule has 1 saturated carbocycles. The Labute approximate surface area is 126 Å². The molecular formula is C19H34O. The van der Waals surface area contributed by atoms with Gasteiger partial charge >= 0.3 is 0 Å². The van der Waals surface area contributed by atoms with Crippen molar-refractivity contribution in [2.75, 3.05) is 6.61 Å². The molecule has 116 valence electrons. The Kier molecular flexibility index (Phi) is 6.96. The standard InChI is InChI=1S/C19H34O/c1-3-5-16-7-9-17(10-8-16)11-12-18-13-14-19(6-4-2)20-15-18/h14,16-18H,3-13,15H2,1-2H3. The van der Waals surface area contributed by atoms with Gasteiger partial charge in [0.1, 0.15) is 0 Å². The zero-order chi connectivity index (χ0) is 14.2. The monoisotopic (exact) mass is 278 g/mol. The first-order chi connectivity index (χ1) is 9.81. The van der Waals surface area contributed by atoms with Crippen LogP contribution in [0.5, 0.6) is 0 Å². The lowest BCUT2D eigenvalue weighted by atomic mass is 9.77. The van der Waals surface area contributed by atoms with Crippen molar-refractivity contribution < 1.29 is 4.74 Å². The van der Waals surface area contributed by atoms with Gasteiger partial charge in [0, 0.05) is 6.42 Å². The van der Waals surface area contributed by atoms with Crippen molar-refractivity contribution in [3.8, 4) is 0 Å². The highest BCUT2D eigenvalue weighted by Crippen LogP contribution is 2.35. The van der Waals surface area contributed by atoms with Crippen molar-refractivity contribution in [3.05, 3.63) is 11.8 Å². The van der Waals surface area contributed by atoms with Crippen LogP contribution in [0.1, 0.15) is 84.5 Å². The summed E-state index contributed by atoms with van der Waals surface area (Å²) in [6.45, 7) is 5.54. The normalized spacial score (nSPS) is 30.7. The van der Waals surface area contributed by atoms with Gasteiger partial charge in [0.2, 0.25) is 0 Å². The first-order valence-corrected chi connectivity index (χ1v) is 9.13. The van der Waals surface area contributed by atoms with Crippen LogP contribution in [0.25, 0.3) is 0 Å². The summed E-state index contributed by atoms with van der Waals surface area (Å²) in [6, 6.07) is 0. The Morgan fingerprint density at radius 2 is 1.55 bits per heavy atom. The summed E-state index contributed by atoms with van der Waals surface area (Å²) < 4.78 is 5.88. The van der Waals surface area contributed by atoms with Gasteiger partial charge in [-0.3, -0.25) is 0 Å². The summed E-state index contributed by atoms with van der Waals surface area (Å²) in [7, 11) is 0. The Morgan fingerprint density at radius 1 is 0.900 bits per heavy atom. The fourth-order valence-corrected chi connectivity index (χ4v) is 3.96.